The van der Waals surface area contributed by atoms with Gasteiger partial charge in [-0.2, -0.15) is 0 Å². The first-order valence-corrected chi connectivity index (χ1v) is 13.2. The van der Waals surface area contributed by atoms with Crippen LogP contribution in [0.5, 0.6) is 0 Å². The van der Waals surface area contributed by atoms with Crippen molar-refractivity contribution >= 4 is 50.0 Å². The molecule has 0 bridgehead atoms. The third-order valence-electron chi connectivity index (χ3n) is 7.96. The van der Waals surface area contributed by atoms with Crippen LogP contribution in [0, 0.1) is 0 Å². The van der Waals surface area contributed by atoms with Gasteiger partial charge >= 0.3 is 0 Å². The molecule has 0 N–H and O–H groups in total. The van der Waals surface area contributed by atoms with Crippen molar-refractivity contribution in [2.75, 3.05) is 4.90 Å². The van der Waals surface area contributed by atoms with Gasteiger partial charge in [-0.15, -0.1) is 0 Å². The number of para-hydroxylation sites is 2. The second-order valence-electron chi connectivity index (χ2n) is 10.6. The molecule has 0 atom stereocenters. The largest absolute Gasteiger partial charge is 0.294 e. The molecule has 0 radical (unpaired) electrons. The molecule has 0 spiro atoms. The molecule has 0 saturated carbocycles. The summed E-state index contributed by atoms with van der Waals surface area (Å²) in [5.41, 5.74) is 9.60. The van der Waals surface area contributed by atoms with Gasteiger partial charge in [0.2, 0.25) is 0 Å². The van der Waals surface area contributed by atoms with Crippen LogP contribution in [0.25, 0.3) is 44.0 Å². The number of benzene rings is 3. The second-order valence-corrected chi connectivity index (χ2v) is 10.6. The van der Waals surface area contributed by atoms with E-state index in [2.05, 4.69) is 95.4 Å². The van der Waals surface area contributed by atoms with Crippen molar-refractivity contribution in [2.45, 2.75) is 19.3 Å². The Bertz CT molecular complexity index is 2060. The summed E-state index contributed by atoms with van der Waals surface area (Å²) in [6.45, 7) is 4.57. The zero-order valence-corrected chi connectivity index (χ0v) is 21.9. The summed E-state index contributed by atoms with van der Waals surface area (Å²) in [7, 11) is 0. The number of anilines is 3. The fraction of sp³-hybridized carbons (Fsp3) is 0.0909. The standard InChI is InChI=1S/C33H23N7/c1-33(2)24-7-3-5-9-26(24)40(27-10-6-4-8-25(27)33)28-12-11-22-29-30(37-14-13-36-29)23-15-20(21-16-34-19-35-17-21)18-38-31(23)32(22)39-28/h3-19H,1-2H3. The van der Waals surface area contributed by atoms with E-state index in [1.54, 1.807) is 24.8 Å². The third kappa shape index (κ3) is 3.18. The van der Waals surface area contributed by atoms with Crippen molar-refractivity contribution < 1.29 is 0 Å². The Morgan fingerprint density at radius 2 is 1.23 bits per heavy atom. The average Bonchev–Trinajstić information content (AvgIpc) is 3.01. The van der Waals surface area contributed by atoms with Gasteiger partial charge in [0.05, 0.1) is 27.9 Å². The number of aromatic nitrogens is 6. The van der Waals surface area contributed by atoms with Crippen LogP contribution >= 0.6 is 0 Å². The minimum atomic E-state index is -0.141. The maximum absolute atomic E-state index is 5.30. The quantitative estimate of drug-likeness (QED) is 0.223. The van der Waals surface area contributed by atoms with Gasteiger partial charge in [0.1, 0.15) is 17.7 Å². The summed E-state index contributed by atoms with van der Waals surface area (Å²) in [6, 6.07) is 23.4. The van der Waals surface area contributed by atoms with Crippen LogP contribution in [-0.4, -0.2) is 29.9 Å². The van der Waals surface area contributed by atoms with Crippen LogP contribution in [-0.2, 0) is 5.41 Å². The zero-order chi connectivity index (χ0) is 26.8. The van der Waals surface area contributed by atoms with Crippen LogP contribution in [0.1, 0.15) is 25.0 Å². The molecule has 5 heterocycles. The Morgan fingerprint density at radius 3 is 1.93 bits per heavy atom. The summed E-state index contributed by atoms with van der Waals surface area (Å²) >= 11 is 0. The Balaban J connectivity index is 1.43. The number of nitrogens with zero attached hydrogens (tertiary/aromatic N) is 7. The lowest BCUT2D eigenvalue weighted by Gasteiger charge is -2.41. The van der Waals surface area contributed by atoms with Gasteiger partial charge in [0, 0.05) is 58.3 Å². The fourth-order valence-electron chi connectivity index (χ4n) is 6.03. The normalized spacial score (nSPS) is 13.9. The molecule has 8 rings (SSSR count). The van der Waals surface area contributed by atoms with Crippen LogP contribution < -0.4 is 4.90 Å². The van der Waals surface area contributed by atoms with Gasteiger partial charge in [-0.1, -0.05) is 50.2 Å². The maximum Gasteiger partial charge on any atom is 0.138 e. The Kier molecular flexibility index (Phi) is 4.73. The first-order chi connectivity index (χ1) is 19.6. The van der Waals surface area contributed by atoms with Crippen molar-refractivity contribution in [3.8, 4) is 11.1 Å². The summed E-state index contributed by atoms with van der Waals surface area (Å²) in [6.07, 6.45) is 10.4. The molecule has 0 aliphatic carbocycles. The molecule has 4 aromatic heterocycles. The molecule has 7 aromatic rings. The monoisotopic (exact) mass is 517 g/mol. The van der Waals surface area contributed by atoms with E-state index >= 15 is 0 Å². The van der Waals surface area contributed by atoms with E-state index in [4.69, 9.17) is 19.9 Å². The molecule has 3 aromatic carbocycles. The Morgan fingerprint density at radius 1 is 0.600 bits per heavy atom. The van der Waals surface area contributed by atoms with E-state index in [9.17, 15) is 0 Å². The highest BCUT2D eigenvalue weighted by atomic mass is 15.2. The molecule has 7 heteroatoms. The lowest BCUT2D eigenvalue weighted by molar-refractivity contribution is 0.631. The highest BCUT2D eigenvalue weighted by Crippen LogP contribution is 2.51. The molecule has 190 valence electrons. The zero-order valence-electron chi connectivity index (χ0n) is 21.9. The minimum absolute atomic E-state index is 0.141. The van der Waals surface area contributed by atoms with Crippen LogP contribution in [0.4, 0.5) is 17.2 Å². The summed E-state index contributed by atoms with van der Waals surface area (Å²) in [4.78, 5) is 30.3. The van der Waals surface area contributed by atoms with Gasteiger partial charge in [0.25, 0.3) is 0 Å². The summed E-state index contributed by atoms with van der Waals surface area (Å²) in [5.74, 6) is 0.828. The number of hydrogen-bond donors (Lipinski definition) is 0. The van der Waals surface area contributed by atoms with Crippen LogP contribution in [0.2, 0.25) is 0 Å². The molecular weight excluding hydrogens is 494 g/mol. The van der Waals surface area contributed by atoms with Crippen molar-refractivity contribution in [3.05, 3.63) is 115 Å². The Labute approximate surface area is 230 Å². The molecule has 7 nitrogen and oxygen atoms in total. The molecule has 1 aliphatic heterocycles. The molecule has 0 fully saturated rings. The van der Waals surface area contributed by atoms with Gasteiger partial charge in [-0.3, -0.25) is 19.9 Å². The van der Waals surface area contributed by atoms with Gasteiger partial charge < -0.3 is 0 Å². The number of fused-ring (bicyclic) bond motifs is 8. The first kappa shape index (κ1) is 22.7. The minimum Gasteiger partial charge on any atom is -0.294 e. The van der Waals surface area contributed by atoms with Crippen molar-refractivity contribution in [2.24, 2.45) is 0 Å². The Hall–Kier alpha value is -5.30. The smallest absolute Gasteiger partial charge is 0.138 e. The highest BCUT2D eigenvalue weighted by Gasteiger charge is 2.36. The lowest BCUT2D eigenvalue weighted by Crippen LogP contribution is -2.30. The topological polar surface area (TPSA) is 80.6 Å². The van der Waals surface area contributed by atoms with Crippen LogP contribution in [0.3, 0.4) is 0 Å². The summed E-state index contributed by atoms with van der Waals surface area (Å²) in [5, 5.41) is 1.81. The second kappa shape index (κ2) is 8.35. The van der Waals surface area contributed by atoms with Gasteiger partial charge in [0.15, 0.2) is 0 Å². The molecule has 0 unspecified atom stereocenters. The lowest BCUT2D eigenvalue weighted by atomic mass is 9.73. The molecule has 1 aliphatic rings. The van der Waals surface area contributed by atoms with E-state index in [1.165, 1.54) is 17.5 Å². The van der Waals surface area contributed by atoms with Gasteiger partial charge in [-0.05, 0) is 41.5 Å². The highest BCUT2D eigenvalue weighted by molar-refractivity contribution is 6.21. The van der Waals surface area contributed by atoms with Crippen molar-refractivity contribution in [1.29, 1.82) is 0 Å². The van der Waals surface area contributed by atoms with Crippen molar-refractivity contribution in [3.63, 3.8) is 0 Å². The molecule has 0 amide bonds. The molecule has 40 heavy (non-hydrogen) atoms. The molecule has 0 saturated heterocycles. The van der Waals surface area contributed by atoms with E-state index in [0.29, 0.717) is 0 Å². The number of pyridine rings is 2. The predicted octanol–water partition coefficient (Wildman–Crippen LogP) is 7.29. The van der Waals surface area contributed by atoms with E-state index < -0.39 is 0 Å². The van der Waals surface area contributed by atoms with Crippen molar-refractivity contribution in [1.82, 2.24) is 29.9 Å². The van der Waals surface area contributed by atoms with E-state index in [-0.39, 0.29) is 5.41 Å². The fourth-order valence-corrected chi connectivity index (χ4v) is 6.03. The predicted molar refractivity (Wildman–Crippen MR) is 158 cm³/mol. The SMILES string of the molecule is CC1(C)c2ccccc2N(c2ccc3c4nccnc4c4cc(-c5cncnc5)cnc4c3n2)c2ccccc21. The molecular formula is C33H23N7. The van der Waals surface area contributed by atoms with Crippen LogP contribution in [0.15, 0.2) is 104 Å². The van der Waals surface area contributed by atoms with E-state index in [0.717, 1.165) is 61.2 Å². The summed E-state index contributed by atoms with van der Waals surface area (Å²) < 4.78 is 0. The average molecular weight is 518 g/mol. The number of hydrogen-bond acceptors (Lipinski definition) is 7. The third-order valence-corrected chi connectivity index (χ3v) is 7.96. The number of rotatable bonds is 2. The van der Waals surface area contributed by atoms with E-state index in [1.807, 2.05) is 6.20 Å². The first-order valence-electron chi connectivity index (χ1n) is 13.2. The van der Waals surface area contributed by atoms with Gasteiger partial charge in [-0.25, -0.2) is 15.0 Å². The maximum atomic E-state index is 5.30.